The Bertz CT molecular complexity index is 1290. The number of nitrogens with one attached hydrogen (secondary N) is 1. The maximum absolute atomic E-state index is 13.3. The molecule has 0 spiro atoms. The van der Waals surface area contributed by atoms with Gasteiger partial charge in [-0.1, -0.05) is 12.1 Å². The zero-order chi connectivity index (χ0) is 27.9. The van der Waals surface area contributed by atoms with Gasteiger partial charge in [-0.15, -0.1) is 0 Å². The van der Waals surface area contributed by atoms with E-state index in [9.17, 15) is 4.21 Å². The van der Waals surface area contributed by atoms with Gasteiger partial charge in [-0.25, -0.2) is 4.98 Å². The van der Waals surface area contributed by atoms with Crippen LogP contribution in [0.1, 0.15) is 34.1 Å². The number of hydrogen-bond donors (Lipinski definition) is 1. The molecule has 0 saturated carbocycles. The molecule has 132 valence electrons. The normalized spacial score (nSPS) is 21.0. The van der Waals surface area contributed by atoms with Crippen molar-refractivity contribution in [3.05, 3.63) is 47.7 Å². The molecular formula is C18H21N3O3S. The number of fused-ring (bicyclic) bond motifs is 1. The van der Waals surface area contributed by atoms with Gasteiger partial charge in [0.25, 0.3) is 0 Å². The molecule has 0 bridgehead atoms. The van der Waals surface area contributed by atoms with Gasteiger partial charge in [-0.05, 0) is 25.0 Å². The molecule has 0 aliphatic rings. The van der Waals surface area contributed by atoms with Crippen molar-refractivity contribution in [2.45, 2.75) is 24.1 Å². The molecule has 7 heteroatoms. The van der Waals surface area contributed by atoms with E-state index < -0.39 is 71.0 Å². The number of aromatic amines is 1. The van der Waals surface area contributed by atoms with Crippen LogP contribution in [0.3, 0.4) is 0 Å². The van der Waals surface area contributed by atoms with Gasteiger partial charge in [0.05, 0.1) is 49.4 Å². The van der Waals surface area contributed by atoms with Crippen molar-refractivity contribution in [3.8, 4) is 5.75 Å². The van der Waals surface area contributed by atoms with Crippen LogP contribution in [0.2, 0.25) is 0 Å². The number of benzene rings is 1. The van der Waals surface area contributed by atoms with E-state index in [2.05, 4.69) is 19.7 Å². The number of ether oxygens (including phenoxy) is 2. The first-order valence-electron chi connectivity index (χ1n) is 13.1. The Morgan fingerprint density at radius 1 is 1.40 bits per heavy atom. The molecule has 0 aliphatic heterocycles. The Balaban J connectivity index is 1.99. The Kier molecular flexibility index (Phi) is 2.62. The highest BCUT2D eigenvalue weighted by atomic mass is 32.2. The summed E-state index contributed by atoms with van der Waals surface area (Å²) in [7, 11) is -5.35. The molecule has 0 aliphatic carbocycles. The number of rotatable bonds is 8. The van der Waals surface area contributed by atoms with Crippen molar-refractivity contribution in [2.75, 3.05) is 20.3 Å². The molecule has 2 aromatic heterocycles. The minimum absolute atomic E-state index is 0.0786. The Labute approximate surface area is 165 Å². The van der Waals surface area contributed by atoms with Crippen molar-refractivity contribution in [2.24, 2.45) is 0 Å². The van der Waals surface area contributed by atoms with E-state index >= 15 is 0 Å². The molecule has 6 nitrogen and oxygen atoms in total. The lowest BCUT2D eigenvalue weighted by Gasteiger charge is -2.11. The molecule has 3 rings (SSSR count). The summed E-state index contributed by atoms with van der Waals surface area (Å²) in [6.45, 7) is -3.32. The minimum Gasteiger partial charge on any atom is -0.493 e. The zero-order valence-corrected chi connectivity index (χ0v) is 13.6. The lowest BCUT2D eigenvalue weighted by molar-refractivity contribution is 0.172. The van der Waals surface area contributed by atoms with Gasteiger partial charge in [0, 0.05) is 38.7 Å². The molecule has 1 atom stereocenters. The molecule has 1 unspecified atom stereocenters. The Morgan fingerprint density at radius 2 is 2.32 bits per heavy atom. The Morgan fingerprint density at radius 3 is 3.20 bits per heavy atom. The van der Waals surface area contributed by atoms with Crippen molar-refractivity contribution in [1.82, 2.24) is 15.0 Å². The number of nitrogens with zero attached hydrogens (tertiary/aromatic N) is 2. The highest BCUT2D eigenvalue weighted by Gasteiger charge is 2.14. The van der Waals surface area contributed by atoms with Crippen LogP contribution in [0.5, 0.6) is 5.75 Å². The van der Waals surface area contributed by atoms with Crippen molar-refractivity contribution in [1.29, 1.82) is 0 Å². The molecule has 0 amide bonds. The SMILES string of the molecule is [2H]c1c([2H])c([2H])c2[nH]c(S(=O)C([2H])([2H])c3nccc(OCCCOC([2H])([2H])[2H])c3C([2H])([2H])[2H])nc2c1[2H]. The molecule has 1 N–H and O–H groups in total. The van der Waals surface area contributed by atoms with E-state index in [1.165, 1.54) is 6.07 Å². The molecule has 3 aromatic rings. The highest BCUT2D eigenvalue weighted by molar-refractivity contribution is 7.84. The lowest BCUT2D eigenvalue weighted by atomic mass is 10.2. The largest absolute Gasteiger partial charge is 0.493 e. The third-order valence-corrected chi connectivity index (χ3v) is 3.96. The summed E-state index contributed by atoms with van der Waals surface area (Å²) in [5, 5.41) is -0.543. The topological polar surface area (TPSA) is 77.1 Å². The molecule has 0 radical (unpaired) electrons. The first kappa shape index (κ1) is 7.97. The number of hydrogen-bond acceptors (Lipinski definition) is 5. The van der Waals surface area contributed by atoms with Gasteiger partial charge in [0.2, 0.25) is 0 Å². The van der Waals surface area contributed by atoms with Gasteiger partial charge < -0.3 is 14.5 Å². The Hall–Kier alpha value is -2.25. The summed E-state index contributed by atoms with van der Waals surface area (Å²) in [5.74, 6) is -0.274. The predicted octanol–water partition coefficient (Wildman–Crippen LogP) is 2.99. The van der Waals surface area contributed by atoms with Gasteiger partial charge in [0.15, 0.2) is 5.16 Å². The second-order valence-electron chi connectivity index (χ2n) is 4.72. The first-order chi connectivity index (χ1) is 17.0. The molecule has 1 aromatic carbocycles. The number of methoxy groups -OCH3 is 1. The van der Waals surface area contributed by atoms with Gasteiger partial charge in [-0.3, -0.25) is 9.19 Å². The van der Waals surface area contributed by atoms with Crippen LogP contribution in [-0.4, -0.2) is 39.4 Å². The summed E-state index contributed by atoms with van der Waals surface area (Å²) >= 11 is 0. The number of pyridine rings is 1. The third kappa shape index (κ3) is 4.24. The second kappa shape index (κ2) is 8.22. The molecule has 2 heterocycles. The summed E-state index contributed by atoms with van der Waals surface area (Å²) in [5.41, 5.74) is -4.78. The maximum atomic E-state index is 13.3. The van der Waals surface area contributed by atoms with Crippen molar-refractivity contribution >= 4 is 21.8 Å². The van der Waals surface area contributed by atoms with Crippen LogP contribution in [0.25, 0.3) is 11.0 Å². The third-order valence-electron chi connectivity index (χ3n) is 3.04. The molecule has 25 heavy (non-hydrogen) atoms. The number of aromatic nitrogens is 3. The van der Waals surface area contributed by atoms with Crippen LogP contribution in [0.15, 0.2) is 41.6 Å². The molecular weight excluding hydrogens is 338 g/mol. The molecule has 0 fully saturated rings. The van der Waals surface area contributed by atoms with Crippen molar-refractivity contribution < 1.29 is 30.1 Å². The van der Waals surface area contributed by atoms with Crippen LogP contribution >= 0.6 is 0 Å². The quantitative estimate of drug-likeness (QED) is 0.616. The predicted molar refractivity (Wildman–Crippen MR) is 97.2 cm³/mol. The van der Waals surface area contributed by atoms with E-state index in [0.717, 1.165) is 6.20 Å². The van der Waals surface area contributed by atoms with Gasteiger partial charge in [0.1, 0.15) is 5.75 Å². The van der Waals surface area contributed by atoms with E-state index in [1.54, 1.807) is 0 Å². The average Bonchev–Trinajstić information content (AvgIpc) is 3.24. The number of para-hydroxylation sites is 2. The summed E-state index contributed by atoms with van der Waals surface area (Å²) in [6, 6.07) is -0.978. The van der Waals surface area contributed by atoms with Crippen LogP contribution in [0.4, 0.5) is 0 Å². The zero-order valence-electron chi connectivity index (χ0n) is 24.8. The molecule has 0 saturated heterocycles. The van der Waals surface area contributed by atoms with E-state index in [-0.39, 0.29) is 36.4 Å². The fourth-order valence-corrected chi connectivity index (χ4v) is 2.69. The fraction of sp³-hybridized carbons (Fsp3) is 0.333. The number of H-pyrrole nitrogens is 1. The summed E-state index contributed by atoms with van der Waals surface area (Å²) < 4.78 is 117. The van der Waals surface area contributed by atoms with E-state index in [0.29, 0.717) is 0 Å². The number of imidazole rings is 1. The first-order valence-corrected chi connectivity index (χ1v) is 8.26. The highest BCUT2D eigenvalue weighted by Crippen LogP contribution is 2.22. The van der Waals surface area contributed by atoms with Crippen LogP contribution in [0, 0.1) is 6.85 Å². The van der Waals surface area contributed by atoms with Gasteiger partial charge >= 0.3 is 0 Å². The lowest BCUT2D eigenvalue weighted by Crippen LogP contribution is -2.06. The second-order valence-corrected chi connectivity index (χ2v) is 5.85. The minimum atomic E-state index is -2.96. The van der Waals surface area contributed by atoms with Crippen molar-refractivity contribution in [3.63, 3.8) is 0 Å². The fourth-order valence-electron chi connectivity index (χ4n) is 1.90. The maximum Gasteiger partial charge on any atom is 0.197 e. The van der Waals surface area contributed by atoms with E-state index in [4.69, 9.17) is 21.2 Å². The summed E-state index contributed by atoms with van der Waals surface area (Å²) in [6.07, 6.45) is 1.14. The standard InChI is InChI=1S/C18H21N3O3S/c1-13-16(19-9-8-17(13)24-11-5-10-23-2)12-25(22)18-20-14-6-3-4-7-15(14)21-18/h3-4,6-9H,5,10-12H2,1-2H3,(H,20,21)/i1D3,2D3,3D,4D,6D,7D,12D2. The van der Waals surface area contributed by atoms with E-state index in [1.807, 2.05) is 0 Å². The average molecular weight is 372 g/mol. The smallest absolute Gasteiger partial charge is 0.197 e. The van der Waals surface area contributed by atoms with Gasteiger partial charge in [-0.2, -0.15) is 0 Å². The monoisotopic (exact) mass is 371 g/mol. The van der Waals surface area contributed by atoms with Crippen LogP contribution in [-0.2, 0) is 21.2 Å². The van der Waals surface area contributed by atoms with Crippen LogP contribution < -0.4 is 4.74 Å². The summed E-state index contributed by atoms with van der Waals surface area (Å²) in [4.78, 5) is 10.2.